The van der Waals surface area contributed by atoms with Crippen LogP contribution in [-0.4, -0.2) is 41.8 Å². The Balaban J connectivity index is 1.83. The van der Waals surface area contributed by atoms with Crippen LogP contribution in [0, 0.1) is 13.8 Å². The zero-order valence-corrected chi connectivity index (χ0v) is 16.1. The molecule has 0 bridgehead atoms. The minimum absolute atomic E-state index is 0.0952. The van der Waals surface area contributed by atoms with E-state index in [1.54, 1.807) is 30.3 Å². The van der Waals surface area contributed by atoms with Gasteiger partial charge in [-0.15, -0.1) is 0 Å². The van der Waals surface area contributed by atoms with Gasteiger partial charge in [-0.3, -0.25) is 14.5 Å². The molecule has 1 heterocycles. The Morgan fingerprint density at radius 3 is 2.40 bits per heavy atom. The summed E-state index contributed by atoms with van der Waals surface area (Å²) < 4.78 is 0.839. The molecule has 2 aromatic rings. The molecule has 0 aliphatic heterocycles. The number of rotatable bonds is 6. The molecule has 0 fully saturated rings. The van der Waals surface area contributed by atoms with Crippen molar-refractivity contribution in [3.8, 4) is 0 Å². The first-order chi connectivity index (χ1) is 11.8. The van der Waals surface area contributed by atoms with Gasteiger partial charge in [0.15, 0.2) is 0 Å². The van der Waals surface area contributed by atoms with E-state index in [-0.39, 0.29) is 24.9 Å². The monoisotopic (exact) mass is 404 g/mol. The molecule has 25 heavy (non-hydrogen) atoms. The molecule has 6 nitrogen and oxygen atoms in total. The summed E-state index contributed by atoms with van der Waals surface area (Å²) in [5, 5.41) is 5.58. The Morgan fingerprint density at radius 1 is 1.08 bits per heavy atom. The number of aromatic nitrogens is 1. The summed E-state index contributed by atoms with van der Waals surface area (Å²) in [6.07, 6.45) is 1.61. The molecule has 7 heteroatoms. The lowest BCUT2D eigenvalue weighted by Crippen LogP contribution is -2.36. The predicted octanol–water partition coefficient (Wildman–Crippen LogP) is 2.97. The van der Waals surface area contributed by atoms with E-state index < -0.39 is 0 Å². The van der Waals surface area contributed by atoms with Gasteiger partial charge in [-0.1, -0.05) is 12.1 Å². The molecule has 132 valence electrons. The lowest BCUT2D eigenvalue weighted by atomic mass is 10.1. The van der Waals surface area contributed by atoms with Crippen molar-refractivity contribution in [3.05, 3.63) is 52.1 Å². The van der Waals surface area contributed by atoms with Crippen LogP contribution in [0.25, 0.3) is 0 Å². The first-order valence-electron chi connectivity index (χ1n) is 7.80. The van der Waals surface area contributed by atoms with Crippen LogP contribution in [0.4, 0.5) is 11.5 Å². The zero-order valence-electron chi connectivity index (χ0n) is 14.5. The summed E-state index contributed by atoms with van der Waals surface area (Å²) >= 11 is 3.29. The molecule has 0 aliphatic rings. The fourth-order valence-corrected chi connectivity index (χ4v) is 2.47. The zero-order chi connectivity index (χ0) is 18.4. The molecule has 2 amide bonds. The average molecular weight is 405 g/mol. The van der Waals surface area contributed by atoms with Gasteiger partial charge in [0.05, 0.1) is 13.1 Å². The van der Waals surface area contributed by atoms with E-state index in [1.165, 1.54) is 0 Å². The summed E-state index contributed by atoms with van der Waals surface area (Å²) in [6.45, 7) is 4.13. The van der Waals surface area contributed by atoms with E-state index in [4.69, 9.17) is 0 Å². The molecule has 0 unspecified atom stereocenters. The number of likely N-dealkylation sites (N-methyl/N-ethyl adjacent to an activating group) is 1. The maximum Gasteiger partial charge on any atom is 0.239 e. The average Bonchev–Trinajstić information content (AvgIpc) is 2.52. The van der Waals surface area contributed by atoms with E-state index in [1.807, 2.05) is 32.0 Å². The number of hydrogen-bond donors (Lipinski definition) is 2. The second kappa shape index (κ2) is 8.73. The van der Waals surface area contributed by atoms with Gasteiger partial charge in [0.2, 0.25) is 11.8 Å². The molecule has 2 rings (SSSR count). The number of nitrogens with one attached hydrogen (secondary N) is 2. The molecular weight excluding hydrogens is 384 g/mol. The highest BCUT2D eigenvalue weighted by Gasteiger charge is 2.12. The maximum atomic E-state index is 12.2. The summed E-state index contributed by atoms with van der Waals surface area (Å²) in [6, 6.07) is 9.39. The van der Waals surface area contributed by atoms with Crippen LogP contribution in [0.5, 0.6) is 0 Å². The Morgan fingerprint density at radius 2 is 1.76 bits per heavy atom. The Bertz CT molecular complexity index is 762. The van der Waals surface area contributed by atoms with Crippen molar-refractivity contribution < 1.29 is 9.59 Å². The SMILES string of the molecule is Cc1ccc(C)c(NC(=O)CN(C)CC(=O)Nc2ccc(Br)cn2)c1. The maximum absolute atomic E-state index is 12.2. The minimum Gasteiger partial charge on any atom is -0.325 e. The Labute approximate surface area is 155 Å². The van der Waals surface area contributed by atoms with E-state index >= 15 is 0 Å². The standard InChI is InChI=1S/C18H21BrN4O2/c1-12-4-5-13(2)15(8-12)21-17(24)10-23(3)11-18(25)22-16-7-6-14(19)9-20-16/h4-9H,10-11H2,1-3H3,(H,21,24)(H,20,22,25). The van der Waals surface area contributed by atoms with Gasteiger partial charge >= 0.3 is 0 Å². The molecule has 0 radical (unpaired) electrons. The summed E-state index contributed by atoms with van der Waals surface area (Å²) in [5.41, 5.74) is 2.87. The quantitative estimate of drug-likeness (QED) is 0.775. The van der Waals surface area contributed by atoms with Gasteiger partial charge in [0, 0.05) is 16.4 Å². The number of carbonyl (C=O) groups is 2. The highest BCUT2D eigenvalue weighted by atomic mass is 79.9. The van der Waals surface area contributed by atoms with Crippen molar-refractivity contribution in [2.45, 2.75) is 13.8 Å². The number of anilines is 2. The molecule has 1 aromatic carbocycles. The highest BCUT2D eigenvalue weighted by molar-refractivity contribution is 9.10. The number of aryl methyl sites for hydroxylation is 2. The number of amides is 2. The number of hydrogen-bond acceptors (Lipinski definition) is 4. The van der Waals surface area contributed by atoms with Gasteiger partial charge in [-0.25, -0.2) is 4.98 Å². The Hall–Kier alpha value is -2.25. The lowest BCUT2D eigenvalue weighted by molar-refractivity contribution is -0.119. The molecule has 0 saturated carbocycles. The van der Waals surface area contributed by atoms with Gasteiger partial charge in [0.25, 0.3) is 0 Å². The largest absolute Gasteiger partial charge is 0.325 e. The first-order valence-corrected chi connectivity index (χ1v) is 8.60. The number of benzene rings is 1. The van der Waals surface area contributed by atoms with E-state index in [2.05, 4.69) is 31.5 Å². The van der Waals surface area contributed by atoms with Crippen molar-refractivity contribution in [1.29, 1.82) is 0 Å². The lowest BCUT2D eigenvalue weighted by Gasteiger charge is -2.16. The first kappa shape index (κ1) is 19.1. The highest BCUT2D eigenvalue weighted by Crippen LogP contribution is 2.16. The fourth-order valence-electron chi connectivity index (χ4n) is 2.24. The third kappa shape index (κ3) is 6.28. The van der Waals surface area contributed by atoms with Crippen LogP contribution in [0.2, 0.25) is 0 Å². The van der Waals surface area contributed by atoms with Crippen molar-refractivity contribution in [2.75, 3.05) is 30.8 Å². The van der Waals surface area contributed by atoms with Gasteiger partial charge < -0.3 is 10.6 Å². The van der Waals surface area contributed by atoms with Crippen LogP contribution < -0.4 is 10.6 Å². The van der Waals surface area contributed by atoms with E-state index in [0.29, 0.717) is 5.82 Å². The van der Waals surface area contributed by atoms with Gasteiger partial charge in [-0.2, -0.15) is 0 Å². The predicted molar refractivity (Wildman–Crippen MR) is 103 cm³/mol. The Kier molecular flexibility index (Phi) is 6.66. The minimum atomic E-state index is -0.225. The molecule has 0 aliphatic carbocycles. The molecule has 0 saturated heterocycles. The van der Waals surface area contributed by atoms with Crippen molar-refractivity contribution in [1.82, 2.24) is 9.88 Å². The molecule has 0 atom stereocenters. The number of carbonyl (C=O) groups excluding carboxylic acids is 2. The summed E-state index contributed by atoms with van der Waals surface area (Å²) in [5.74, 6) is 0.0871. The summed E-state index contributed by atoms with van der Waals surface area (Å²) in [7, 11) is 1.72. The van der Waals surface area contributed by atoms with Crippen LogP contribution >= 0.6 is 15.9 Å². The third-order valence-electron chi connectivity index (χ3n) is 3.49. The topological polar surface area (TPSA) is 74.3 Å². The molecule has 2 N–H and O–H groups in total. The molecule has 0 spiro atoms. The van der Waals surface area contributed by atoms with Gasteiger partial charge in [0.1, 0.15) is 5.82 Å². The number of pyridine rings is 1. The van der Waals surface area contributed by atoms with Crippen molar-refractivity contribution in [2.24, 2.45) is 0 Å². The van der Waals surface area contributed by atoms with Crippen LogP contribution in [0.3, 0.4) is 0 Å². The fraction of sp³-hybridized carbons (Fsp3) is 0.278. The van der Waals surface area contributed by atoms with Crippen molar-refractivity contribution >= 4 is 39.2 Å². The van der Waals surface area contributed by atoms with Crippen LogP contribution in [0.1, 0.15) is 11.1 Å². The summed E-state index contributed by atoms with van der Waals surface area (Å²) in [4.78, 5) is 29.9. The van der Waals surface area contributed by atoms with Crippen LogP contribution in [0.15, 0.2) is 41.0 Å². The van der Waals surface area contributed by atoms with Crippen molar-refractivity contribution in [3.63, 3.8) is 0 Å². The third-order valence-corrected chi connectivity index (χ3v) is 3.96. The van der Waals surface area contributed by atoms with E-state index in [0.717, 1.165) is 21.3 Å². The molecular formula is C18H21BrN4O2. The molecule has 1 aromatic heterocycles. The van der Waals surface area contributed by atoms with E-state index in [9.17, 15) is 9.59 Å². The van der Waals surface area contributed by atoms with Crippen LogP contribution in [-0.2, 0) is 9.59 Å². The number of halogens is 1. The number of nitrogens with zero attached hydrogens (tertiary/aromatic N) is 2. The normalized spacial score (nSPS) is 10.6. The van der Waals surface area contributed by atoms with Gasteiger partial charge in [-0.05, 0) is 66.2 Å². The second-order valence-electron chi connectivity index (χ2n) is 5.95. The smallest absolute Gasteiger partial charge is 0.239 e. The second-order valence-corrected chi connectivity index (χ2v) is 6.86.